The lowest BCUT2D eigenvalue weighted by atomic mass is 9.97. The van der Waals surface area contributed by atoms with Crippen LogP contribution in [0.4, 0.5) is 8.78 Å². The second-order valence-electron chi connectivity index (χ2n) is 9.79. The molecule has 4 heterocycles. The smallest absolute Gasteiger partial charge is 0.269 e. The molecule has 0 radical (unpaired) electrons. The summed E-state index contributed by atoms with van der Waals surface area (Å²) in [6, 6.07) is 7.19. The Kier molecular flexibility index (Phi) is 7.76. The third kappa shape index (κ3) is 6.90. The summed E-state index contributed by atoms with van der Waals surface area (Å²) in [4.78, 5) is 33.5. The van der Waals surface area contributed by atoms with E-state index in [0.29, 0.717) is 30.9 Å². The van der Waals surface area contributed by atoms with Crippen LogP contribution in [0.1, 0.15) is 54.5 Å². The van der Waals surface area contributed by atoms with Crippen LogP contribution in [0.25, 0.3) is 16.7 Å². The molecule has 0 spiro atoms. The number of alkyl halides is 2. The number of amides is 1. The van der Waals surface area contributed by atoms with Crippen LogP contribution in [0.2, 0.25) is 0 Å². The minimum atomic E-state index is -2.38. The van der Waals surface area contributed by atoms with Crippen LogP contribution in [0.5, 0.6) is 0 Å². The number of piperidine rings is 1. The van der Waals surface area contributed by atoms with Gasteiger partial charge in [-0.2, -0.15) is 0 Å². The molecule has 1 amide bonds. The van der Waals surface area contributed by atoms with Crippen molar-refractivity contribution < 1.29 is 18.4 Å². The number of hydrogen-bond donors (Lipinski definition) is 1. The fourth-order valence-electron chi connectivity index (χ4n) is 3.36. The van der Waals surface area contributed by atoms with Crippen LogP contribution in [-0.4, -0.2) is 64.2 Å². The predicted molar refractivity (Wildman–Crippen MR) is 128 cm³/mol. The SMILES string of the molecule is CC(C)(C)CNC(=O)c1ccc(-n2ccc3cc(C=O)cnc32)cn1.CN1CCC(F)(F)CC1. The number of halogens is 2. The second kappa shape index (κ2) is 10.4. The molecular formula is C25H31F2N5O2. The van der Waals surface area contributed by atoms with Crippen LogP contribution in [0.15, 0.2) is 42.9 Å². The van der Waals surface area contributed by atoms with Crippen LogP contribution in [-0.2, 0) is 0 Å². The van der Waals surface area contributed by atoms with Gasteiger partial charge in [0, 0.05) is 55.8 Å². The molecule has 0 bridgehead atoms. The number of pyridine rings is 2. The summed E-state index contributed by atoms with van der Waals surface area (Å²) in [6.45, 7) is 7.83. The first kappa shape index (κ1) is 25.4. The van der Waals surface area contributed by atoms with Gasteiger partial charge in [0.15, 0.2) is 6.29 Å². The van der Waals surface area contributed by atoms with Gasteiger partial charge in [0.05, 0.1) is 11.9 Å². The van der Waals surface area contributed by atoms with Crippen molar-refractivity contribution in [1.82, 2.24) is 24.8 Å². The van der Waals surface area contributed by atoms with Crippen molar-refractivity contribution in [1.29, 1.82) is 0 Å². The van der Waals surface area contributed by atoms with Gasteiger partial charge >= 0.3 is 0 Å². The van der Waals surface area contributed by atoms with E-state index in [-0.39, 0.29) is 24.2 Å². The van der Waals surface area contributed by atoms with Crippen molar-refractivity contribution in [3.8, 4) is 5.69 Å². The highest BCUT2D eigenvalue weighted by Gasteiger charge is 2.32. The van der Waals surface area contributed by atoms with Crippen molar-refractivity contribution in [3.63, 3.8) is 0 Å². The molecule has 34 heavy (non-hydrogen) atoms. The Balaban J connectivity index is 0.000000302. The monoisotopic (exact) mass is 471 g/mol. The number of carbonyl (C=O) groups excluding carboxylic acids is 2. The van der Waals surface area contributed by atoms with Gasteiger partial charge in [0.1, 0.15) is 11.3 Å². The second-order valence-corrected chi connectivity index (χ2v) is 9.79. The molecule has 1 aliphatic rings. The topological polar surface area (TPSA) is 80.1 Å². The Bertz CT molecular complexity index is 1130. The molecule has 1 N–H and O–H groups in total. The maximum atomic E-state index is 12.4. The van der Waals surface area contributed by atoms with E-state index in [4.69, 9.17) is 0 Å². The molecular weight excluding hydrogens is 440 g/mol. The molecule has 7 nitrogen and oxygen atoms in total. The van der Waals surface area contributed by atoms with Crippen LogP contribution in [0.3, 0.4) is 0 Å². The first-order valence-electron chi connectivity index (χ1n) is 11.2. The molecule has 1 saturated heterocycles. The standard InChI is InChI=1S/C19H20N4O2.C6H11F2N/c1-19(2,3)12-22-18(25)16-5-4-15(10-20-16)23-7-6-14-8-13(11-24)9-21-17(14)23;1-9-4-2-6(7,8)3-5-9/h4-11H,12H2,1-3H3,(H,22,25);2-5H2,1H3. The minimum absolute atomic E-state index is 0.0195. The molecule has 0 aromatic carbocycles. The van der Waals surface area contributed by atoms with E-state index in [0.717, 1.165) is 23.0 Å². The van der Waals surface area contributed by atoms with Gasteiger partial charge in [-0.15, -0.1) is 0 Å². The molecule has 0 aliphatic carbocycles. The maximum Gasteiger partial charge on any atom is 0.269 e. The van der Waals surface area contributed by atoms with Gasteiger partial charge in [-0.1, -0.05) is 20.8 Å². The predicted octanol–water partition coefficient (Wildman–Crippen LogP) is 4.36. The number of nitrogens with one attached hydrogen (secondary N) is 1. The molecule has 0 saturated carbocycles. The number of aldehydes is 1. The lowest BCUT2D eigenvalue weighted by Crippen LogP contribution is -2.36. The summed E-state index contributed by atoms with van der Waals surface area (Å²) in [5.41, 5.74) is 2.46. The Hall–Kier alpha value is -3.20. The number of rotatable bonds is 4. The van der Waals surface area contributed by atoms with Gasteiger partial charge in [-0.25, -0.2) is 18.7 Å². The molecule has 4 rings (SSSR count). The van der Waals surface area contributed by atoms with E-state index < -0.39 is 5.92 Å². The highest BCUT2D eigenvalue weighted by molar-refractivity contribution is 5.92. The highest BCUT2D eigenvalue weighted by Crippen LogP contribution is 2.26. The first-order chi connectivity index (χ1) is 16.0. The summed E-state index contributed by atoms with van der Waals surface area (Å²) in [6.07, 6.45) is 5.88. The van der Waals surface area contributed by atoms with Crippen molar-refractivity contribution in [2.45, 2.75) is 39.5 Å². The Morgan fingerprint density at radius 1 is 1.15 bits per heavy atom. The number of aromatic nitrogens is 3. The van der Waals surface area contributed by atoms with E-state index in [1.165, 1.54) is 6.20 Å². The molecule has 182 valence electrons. The minimum Gasteiger partial charge on any atom is -0.350 e. The van der Waals surface area contributed by atoms with Crippen LogP contribution < -0.4 is 5.32 Å². The van der Waals surface area contributed by atoms with Gasteiger partial charge < -0.3 is 10.2 Å². The number of carbonyl (C=O) groups is 2. The van der Waals surface area contributed by atoms with E-state index in [1.807, 2.05) is 34.8 Å². The Morgan fingerprint density at radius 3 is 2.41 bits per heavy atom. The molecule has 1 fully saturated rings. The van der Waals surface area contributed by atoms with E-state index >= 15 is 0 Å². The van der Waals surface area contributed by atoms with Gasteiger partial charge in [0.2, 0.25) is 0 Å². The first-order valence-corrected chi connectivity index (χ1v) is 11.2. The quantitative estimate of drug-likeness (QED) is 0.572. The zero-order valence-corrected chi connectivity index (χ0v) is 20.0. The third-order valence-electron chi connectivity index (χ3n) is 5.44. The Morgan fingerprint density at radius 2 is 1.85 bits per heavy atom. The fourth-order valence-corrected chi connectivity index (χ4v) is 3.36. The fraction of sp³-hybridized carbons (Fsp3) is 0.440. The number of nitrogens with zero attached hydrogens (tertiary/aromatic N) is 4. The zero-order chi connectivity index (χ0) is 24.9. The van der Waals surface area contributed by atoms with Crippen LogP contribution >= 0.6 is 0 Å². The van der Waals surface area contributed by atoms with Crippen molar-refractivity contribution >= 4 is 23.2 Å². The number of hydrogen-bond acceptors (Lipinski definition) is 5. The maximum absolute atomic E-state index is 12.4. The van der Waals surface area contributed by atoms with Crippen LogP contribution in [0, 0.1) is 5.41 Å². The summed E-state index contributed by atoms with van der Waals surface area (Å²) < 4.78 is 26.6. The Labute approximate surface area is 198 Å². The lowest BCUT2D eigenvalue weighted by molar-refractivity contribution is -0.0504. The molecule has 0 unspecified atom stereocenters. The number of fused-ring (bicyclic) bond motifs is 1. The average Bonchev–Trinajstić information content (AvgIpc) is 3.22. The van der Waals surface area contributed by atoms with E-state index in [9.17, 15) is 18.4 Å². The summed E-state index contributed by atoms with van der Waals surface area (Å²) in [5, 5.41) is 3.75. The zero-order valence-electron chi connectivity index (χ0n) is 20.0. The third-order valence-corrected chi connectivity index (χ3v) is 5.44. The van der Waals surface area contributed by atoms with Crippen molar-refractivity contribution in [2.75, 3.05) is 26.7 Å². The van der Waals surface area contributed by atoms with Gasteiger partial charge in [0.25, 0.3) is 11.8 Å². The summed E-state index contributed by atoms with van der Waals surface area (Å²) in [5.74, 6) is -2.57. The highest BCUT2D eigenvalue weighted by atomic mass is 19.3. The van der Waals surface area contributed by atoms with E-state index in [2.05, 4.69) is 36.1 Å². The molecule has 3 aromatic heterocycles. The lowest BCUT2D eigenvalue weighted by Gasteiger charge is -2.28. The molecule has 3 aromatic rings. The van der Waals surface area contributed by atoms with Crippen molar-refractivity contribution in [3.05, 3.63) is 54.1 Å². The molecule has 1 aliphatic heterocycles. The largest absolute Gasteiger partial charge is 0.350 e. The van der Waals surface area contributed by atoms with Crippen molar-refractivity contribution in [2.24, 2.45) is 5.41 Å². The summed E-state index contributed by atoms with van der Waals surface area (Å²) in [7, 11) is 1.87. The molecule has 9 heteroatoms. The molecule has 0 atom stereocenters. The summed E-state index contributed by atoms with van der Waals surface area (Å²) >= 11 is 0. The van der Waals surface area contributed by atoms with Gasteiger partial charge in [-0.05, 0) is 36.7 Å². The average molecular weight is 472 g/mol. The van der Waals surface area contributed by atoms with E-state index in [1.54, 1.807) is 18.3 Å². The van der Waals surface area contributed by atoms with Gasteiger partial charge in [-0.3, -0.25) is 14.2 Å². The number of likely N-dealkylation sites (tertiary alicyclic amines) is 1. The normalized spacial score (nSPS) is 15.9.